The van der Waals surface area contributed by atoms with Crippen LogP contribution in [0.25, 0.3) is 10.9 Å². The van der Waals surface area contributed by atoms with Gasteiger partial charge in [-0.25, -0.2) is 8.42 Å². The second kappa shape index (κ2) is 10.1. The van der Waals surface area contributed by atoms with E-state index in [2.05, 4.69) is 5.32 Å². The van der Waals surface area contributed by atoms with E-state index in [-0.39, 0.29) is 22.7 Å². The number of nitrogens with one attached hydrogen (secondary N) is 1. The van der Waals surface area contributed by atoms with E-state index < -0.39 is 20.2 Å². The third-order valence-corrected chi connectivity index (χ3v) is 7.40. The molecule has 4 rings (SSSR count). The monoisotopic (exact) mass is 490 g/mol. The third-order valence-electron chi connectivity index (χ3n) is 5.63. The molecule has 1 heterocycles. The molecule has 1 N–H and O–H groups in total. The fraction of sp³-hybridized carbons (Fsp3) is 0.185. The molecule has 0 saturated heterocycles. The summed E-state index contributed by atoms with van der Waals surface area (Å²) in [5, 5.41) is 2.99. The quantitative estimate of drug-likeness (QED) is 0.394. The molecule has 3 aromatic carbocycles. The molecule has 7 nitrogen and oxygen atoms in total. The van der Waals surface area contributed by atoms with Gasteiger partial charge in [0.1, 0.15) is 17.2 Å². The van der Waals surface area contributed by atoms with Crippen molar-refractivity contribution in [3.05, 3.63) is 94.8 Å². The minimum atomic E-state index is -4.12. The highest BCUT2D eigenvalue weighted by Gasteiger charge is 2.24. The Kier molecular flexibility index (Phi) is 7.02. The van der Waals surface area contributed by atoms with E-state index in [1.54, 1.807) is 30.3 Å². The highest BCUT2D eigenvalue weighted by atomic mass is 32.2. The van der Waals surface area contributed by atoms with E-state index in [1.807, 2.05) is 38.1 Å². The number of nitrogens with zero attached hydrogens (tertiary/aromatic N) is 1. The molecule has 4 aromatic rings. The molecule has 1 amide bonds. The molecule has 180 valence electrons. The molecule has 1 aromatic heterocycles. The Balaban J connectivity index is 1.80. The molecule has 35 heavy (non-hydrogen) atoms. The van der Waals surface area contributed by atoms with Crippen molar-refractivity contribution in [2.24, 2.45) is 0 Å². The average Bonchev–Trinajstić information content (AvgIpc) is 2.87. The van der Waals surface area contributed by atoms with Gasteiger partial charge in [-0.1, -0.05) is 37.3 Å². The van der Waals surface area contributed by atoms with Crippen LogP contribution in [0.3, 0.4) is 0 Å². The van der Waals surface area contributed by atoms with Crippen LogP contribution in [-0.2, 0) is 27.6 Å². The molecular weight excluding hydrogens is 464 g/mol. The van der Waals surface area contributed by atoms with E-state index in [4.69, 9.17) is 4.74 Å². The van der Waals surface area contributed by atoms with Crippen molar-refractivity contribution in [1.29, 1.82) is 0 Å². The molecule has 0 atom stereocenters. The molecule has 0 saturated carbocycles. The van der Waals surface area contributed by atoms with Crippen molar-refractivity contribution >= 4 is 32.3 Å². The Bertz CT molecular complexity index is 1530. The summed E-state index contributed by atoms with van der Waals surface area (Å²) in [6.45, 7) is 4.07. The first-order valence-electron chi connectivity index (χ1n) is 11.3. The summed E-state index contributed by atoms with van der Waals surface area (Å²) in [5.41, 5.74) is 1.57. The summed E-state index contributed by atoms with van der Waals surface area (Å²) in [6, 6.07) is 20.1. The van der Waals surface area contributed by atoms with Crippen LogP contribution in [0.1, 0.15) is 19.4 Å². The van der Waals surface area contributed by atoms with Crippen molar-refractivity contribution in [1.82, 2.24) is 4.57 Å². The number of hydrogen-bond donors (Lipinski definition) is 1. The number of carbonyl (C=O) groups is 1. The van der Waals surface area contributed by atoms with E-state index in [0.717, 1.165) is 12.0 Å². The zero-order chi connectivity index (χ0) is 25.0. The Labute approximate surface area is 203 Å². The maximum atomic E-state index is 13.4. The van der Waals surface area contributed by atoms with Crippen LogP contribution in [0.5, 0.6) is 5.75 Å². The fourth-order valence-electron chi connectivity index (χ4n) is 3.83. The standard InChI is InChI=1S/C27H26N2O5S/c1-3-19-10-12-20(13-11-19)28-26(30)18-29-17-25(35(32,33)22-8-6-5-7-9-22)27(31)23-16-21(34-4-2)14-15-24(23)29/h5-17H,3-4,18H2,1-2H3,(H,28,30). The zero-order valence-corrected chi connectivity index (χ0v) is 20.3. The number of ether oxygens (including phenoxy) is 1. The number of sulfone groups is 1. The summed E-state index contributed by atoms with van der Waals surface area (Å²) < 4.78 is 33.7. The van der Waals surface area contributed by atoms with Crippen LogP contribution in [0.15, 0.2) is 93.6 Å². The summed E-state index contributed by atoms with van der Waals surface area (Å²) in [4.78, 5) is 25.8. The minimum absolute atomic E-state index is 0.00410. The summed E-state index contributed by atoms with van der Waals surface area (Å²) >= 11 is 0. The number of carbonyl (C=O) groups excluding carboxylic acids is 1. The lowest BCUT2D eigenvalue weighted by Crippen LogP contribution is -2.24. The zero-order valence-electron chi connectivity index (χ0n) is 19.5. The minimum Gasteiger partial charge on any atom is -0.494 e. The number of anilines is 1. The Hall–Kier alpha value is -3.91. The maximum absolute atomic E-state index is 13.4. The predicted molar refractivity (Wildman–Crippen MR) is 136 cm³/mol. The molecule has 0 fully saturated rings. The smallest absolute Gasteiger partial charge is 0.244 e. The van der Waals surface area contributed by atoms with Crippen LogP contribution in [-0.4, -0.2) is 25.5 Å². The van der Waals surface area contributed by atoms with Crippen molar-refractivity contribution < 1.29 is 17.9 Å². The van der Waals surface area contributed by atoms with Crippen LogP contribution in [0, 0.1) is 0 Å². The van der Waals surface area contributed by atoms with Crippen LogP contribution in [0.2, 0.25) is 0 Å². The van der Waals surface area contributed by atoms with Gasteiger partial charge in [-0.3, -0.25) is 9.59 Å². The van der Waals surface area contributed by atoms with Gasteiger partial charge in [0.05, 0.1) is 22.4 Å². The lowest BCUT2D eigenvalue weighted by molar-refractivity contribution is -0.116. The van der Waals surface area contributed by atoms with Crippen molar-refractivity contribution in [3.63, 3.8) is 0 Å². The van der Waals surface area contributed by atoms with Gasteiger partial charge in [-0.05, 0) is 61.4 Å². The summed E-state index contributed by atoms with van der Waals surface area (Å²) in [5.74, 6) is 0.0921. The normalized spacial score (nSPS) is 11.4. The molecule has 0 bridgehead atoms. The van der Waals surface area contributed by atoms with E-state index in [9.17, 15) is 18.0 Å². The molecular formula is C27H26N2O5S. The molecule has 0 aliphatic carbocycles. The molecule has 0 aliphatic rings. The first kappa shape index (κ1) is 24.2. The topological polar surface area (TPSA) is 94.5 Å². The maximum Gasteiger partial charge on any atom is 0.244 e. The van der Waals surface area contributed by atoms with Gasteiger partial charge in [-0.15, -0.1) is 0 Å². The molecule has 0 aliphatic heterocycles. The molecule has 0 spiro atoms. The Morgan fingerprint density at radius 1 is 0.971 bits per heavy atom. The fourth-order valence-corrected chi connectivity index (χ4v) is 5.22. The predicted octanol–water partition coefficient (Wildman–Crippen LogP) is 4.43. The number of hydrogen-bond acceptors (Lipinski definition) is 5. The summed E-state index contributed by atoms with van der Waals surface area (Å²) in [6.07, 6.45) is 2.13. The van der Waals surface area contributed by atoms with Crippen LogP contribution >= 0.6 is 0 Å². The van der Waals surface area contributed by atoms with Crippen LogP contribution in [0.4, 0.5) is 5.69 Å². The van der Waals surface area contributed by atoms with E-state index >= 15 is 0 Å². The molecule has 0 radical (unpaired) electrons. The second-order valence-electron chi connectivity index (χ2n) is 7.98. The number of rotatable bonds is 8. The molecule has 8 heteroatoms. The number of benzene rings is 3. The number of aromatic nitrogens is 1. The van der Waals surface area contributed by atoms with Gasteiger partial charge < -0.3 is 14.6 Å². The average molecular weight is 491 g/mol. The van der Waals surface area contributed by atoms with Gasteiger partial charge in [0.25, 0.3) is 0 Å². The Morgan fingerprint density at radius 2 is 1.69 bits per heavy atom. The number of aryl methyl sites for hydroxylation is 1. The van der Waals surface area contributed by atoms with E-state index in [0.29, 0.717) is 23.6 Å². The van der Waals surface area contributed by atoms with Gasteiger partial charge in [0.2, 0.25) is 21.2 Å². The third kappa shape index (κ3) is 5.12. The van der Waals surface area contributed by atoms with Gasteiger partial charge in [0.15, 0.2) is 0 Å². The van der Waals surface area contributed by atoms with Crippen molar-refractivity contribution in [2.45, 2.75) is 36.6 Å². The highest BCUT2D eigenvalue weighted by molar-refractivity contribution is 7.91. The lowest BCUT2D eigenvalue weighted by atomic mass is 10.1. The van der Waals surface area contributed by atoms with E-state index in [1.165, 1.54) is 29.0 Å². The number of pyridine rings is 1. The van der Waals surface area contributed by atoms with Gasteiger partial charge >= 0.3 is 0 Å². The van der Waals surface area contributed by atoms with Crippen LogP contribution < -0.4 is 15.5 Å². The number of amides is 1. The second-order valence-corrected chi connectivity index (χ2v) is 9.90. The van der Waals surface area contributed by atoms with Crippen molar-refractivity contribution in [2.75, 3.05) is 11.9 Å². The summed E-state index contributed by atoms with van der Waals surface area (Å²) in [7, 11) is -4.12. The van der Waals surface area contributed by atoms with Gasteiger partial charge in [0, 0.05) is 11.9 Å². The first-order valence-corrected chi connectivity index (χ1v) is 12.8. The SMILES string of the molecule is CCOc1ccc2c(c1)c(=O)c(S(=O)(=O)c1ccccc1)cn2CC(=O)Nc1ccc(CC)cc1. The number of fused-ring (bicyclic) bond motifs is 1. The largest absolute Gasteiger partial charge is 0.494 e. The first-order chi connectivity index (χ1) is 16.8. The lowest BCUT2D eigenvalue weighted by Gasteiger charge is -2.15. The molecule has 0 unspecified atom stereocenters. The van der Waals surface area contributed by atoms with Gasteiger partial charge in [-0.2, -0.15) is 0 Å². The Morgan fingerprint density at radius 3 is 2.34 bits per heavy atom. The highest BCUT2D eigenvalue weighted by Crippen LogP contribution is 2.24. The van der Waals surface area contributed by atoms with Crippen molar-refractivity contribution in [3.8, 4) is 5.75 Å².